The summed E-state index contributed by atoms with van der Waals surface area (Å²) in [5.41, 5.74) is 1.62. The van der Waals surface area contributed by atoms with Crippen LogP contribution < -0.4 is 5.32 Å². The summed E-state index contributed by atoms with van der Waals surface area (Å²) >= 11 is 0. The molecule has 0 unspecified atom stereocenters. The van der Waals surface area contributed by atoms with Gasteiger partial charge >= 0.3 is 0 Å². The molecule has 2 rings (SSSR count). The number of halogens is 1. The number of hydrogen-bond acceptors (Lipinski definition) is 4. The van der Waals surface area contributed by atoms with E-state index in [0.717, 1.165) is 17.8 Å². The smallest absolute Gasteiger partial charge is 0.167 e. The average Bonchev–Trinajstić information content (AvgIpc) is 2.84. The van der Waals surface area contributed by atoms with E-state index in [-0.39, 0.29) is 5.82 Å². The second-order valence-corrected chi connectivity index (χ2v) is 3.86. The Morgan fingerprint density at radius 3 is 2.83 bits per heavy atom. The van der Waals surface area contributed by atoms with Crippen molar-refractivity contribution in [3.63, 3.8) is 0 Å². The van der Waals surface area contributed by atoms with E-state index >= 15 is 0 Å². The van der Waals surface area contributed by atoms with Gasteiger partial charge in [0.1, 0.15) is 5.82 Å². The van der Waals surface area contributed by atoms with Crippen molar-refractivity contribution in [2.45, 2.75) is 6.54 Å². The van der Waals surface area contributed by atoms with Crippen molar-refractivity contribution in [3.05, 3.63) is 41.8 Å². The van der Waals surface area contributed by atoms with E-state index in [4.69, 9.17) is 9.26 Å². The number of rotatable bonds is 6. The van der Waals surface area contributed by atoms with Crippen molar-refractivity contribution in [1.29, 1.82) is 0 Å². The Balaban J connectivity index is 1.95. The summed E-state index contributed by atoms with van der Waals surface area (Å²) in [6.07, 6.45) is 0. The topological polar surface area (TPSA) is 47.3 Å². The predicted molar refractivity (Wildman–Crippen MR) is 65.5 cm³/mol. The first-order chi connectivity index (χ1) is 8.79. The predicted octanol–water partition coefficient (Wildman–Crippen LogP) is 2.22. The van der Waals surface area contributed by atoms with E-state index in [0.29, 0.717) is 18.9 Å². The number of hydrogen-bond donors (Lipinski definition) is 1. The quantitative estimate of drug-likeness (QED) is 0.798. The van der Waals surface area contributed by atoms with Crippen LogP contribution in [0.3, 0.4) is 0 Å². The van der Waals surface area contributed by atoms with Crippen LogP contribution in [0.1, 0.15) is 5.69 Å². The highest BCUT2D eigenvalue weighted by Gasteiger charge is 2.06. The molecule has 96 valence electrons. The lowest BCUT2D eigenvalue weighted by Gasteiger charge is -1.99. The van der Waals surface area contributed by atoms with Crippen molar-refractivity contribution < 1.29 is 13.7 Å². The fourth-order valence-corrected chi connectivity index (χ4v) is 1.54. The molecule has 0 aliphatic heterocycles. The third-order valence-electron chi connectivity index (χ3n) is 2.48. The SMILES string of the molecule is COCCNCc1cc(-c2ccc(F)cc2)on1. The van der Waals surface area contributed by atoms with Gasteiger partial charge in [-0.2, -0.15) is 0 Å². The Bertz CT molecular complexity index is 482. The first kappa shape index (κ1) is 12.7. The van der Waals surface area contributed by atoms with Gasteiger partial charge in [0, 0.05) is 31.8 Å². The van der Waals surface area contributed by atoms with Crippen molar-refractivity contribution in [3.8, 4) is 11.3 Å². The lowest BCUT2D eigenvalue weighted by molar-refractivity contribution is 0.199. The lowest BCUT2D eigenvalue weighted by atomic mass is 10.1. The van der Waals surface area contributed by atoms with E-state index < -0.39 is 0 Å². The van der Waals surface area contributed by atoms with Crippen LogP contribution in [0.2, 0.25) is 0 Å². The molecular formula is C13H15FN2O2. The van der Waals surface area contributed by atoms with Crippen LogP contribution in [0.15, 0.2) is 34.9 Å². The number of aromatic nitrogens is 1. The summed E-state index contributed by atoms with van der Waals surface area (Å²) in [6, 6.07) is 7.96. The molecule has 0 bridgehead atoms. The zero-order chi connectivity index (χ0) is 12.8. The van der Waals surface area contributed by atoms with Crippen LogP contribution in [0.5, 0.6) is 0 Å². The highest BCUT2D eigenvalue weighted by Crippen LogP contribution is 2.20. The number of ether oxygens (including phenoxy) is 1. The molecule has 1 aromatic heterocycles. The van der Waals surface area contributed by atoms with Crippen molar-refractivity contribution in [1.82, 2.24) is 10.5 Å². The summed E-state index contributed by atoms with van der Waals surface area (Å²) in [5.74, 6) is 0.373. The normalized spacial score (nSPS) is 10.8. The van der Waals surface area contributed by atoms with Gasteiger partial charge < -0.3 is 14.6 Å². The molecule has 1 N–H and O–H groups in total. The number of methoxy groups -OCH3 is 1. The third-order valence-corrected chi connectivity index (χ3v) is 2.48. The molecule has 0 aliphatic carbocycles. The minimum Gasteiger partial charge on any atom is -0.383 e. The maximum absolute atomic E-state index is 12.8. The molecule has 1 aromatic carbocycles. The molecule has 2 aromatic rings. The number of nitrogens with one attached hydrogen (secondary N) is 1. The molecule has 0 aliphatic rings. The van der Waals surface area contributed by atoms with E-state index in [2.05, 4.69) is 10.5 Å². The van der Waals surface area contributed by atoms with Crippen LogP contribution in [-0.4, -0.2) is 25.4 Å². The van der Waals surface area contributed by atoms with E-state index in [1.165, 1.54) is 12.1 Å². The molecule has 0 radical (unpaired) electrons. The Labute approximate surface area is 105 Å². The molecule has 0 saturated heterocycles. The molecule has 0 amide bonds. The second-order valence-electron chi connectivity index (χ2n) is 3.86. The molecule has 18 heavy (non-hydrogen) atoms. The van der Waals surface area contributed by atoms with Gasteiger partial charge in [-0.25, -0.2) is 4.39 Å². The van der Waals surface area contributed by atoms with Crippen LogP contribution in [-0.2, 0) is 11.3 Å². The van der Waals surface area contributed by atoms with Crippen LogP contribution >= 0.6 is 0 Å². The molecule has 5 heteroatoms. The third kappa shape index (κ3) is 3.38. The van der Waals surface area contributed by atoms with Gasteiger partial charge in [0.05, 0.1) is 12.3 Å². The van der Waals surface area contributed by atoms with Gasteiger partial charge in [0.2, 0.25) is 0 Å². The largest absolute Gasteiger partial charge is 0.383 e. The first-order valence-electron chi connectivity index (χ1n) is 5.71. The van der Waals surface area contributed by atoms with Gasteiger partial charge in [-0.3, -0.25) is 0 Å². The summed E-state index contributed by atoms with van der Waals surface area (Å²) in [7, 11) is 1.66. The Morgan fingerprint density at radius 2 is 2.11 bits per heavy atom. The maximum atomic E-state index is 12.8. The second kappa shape index (κ2) is 6.28. The highest BCUT2D eigenvalue weighted by molar-refractivity contribution is 5.56. The molecule has 1 heterocycles. The lowest BCUT2D eigenvalue weighted by Crippen LogP contribution is -2.18. The van der Waals surface area contributed by atoms with Crippen LogP contribution in [0.4, 0.5) is 4.39 Å². The van der Waals surface area contributed by atoms with Gasteiger partial charge in [0.15, 0.2) is 5.76 Å². The fraction of sp³-hybridized carbons (Fsp3) is 0.308. The minimum absolute atomic E-state index is 0.264. The first-order valence-corrected chi connectivity index (χ1v) is 5.71. The monoisotopic (exact) mass is 250 g/mol. The maximum Gasteiger partial charge on any atom is 0.167 e. The van der Waals surface area contributed by atoms with Crippen LogP contribution in [0, 0.1) is 5.82 Å². The molecule has 0 saturated carbocycles. The summed E-state index contributed by atoms with van der Waals surface area (Å²) < 4.78 is 22.9. The summed E-state index contributed by atoms with van der Waals surface area (Å²) in [5, 5.41) is 7.11. The van der Waals surface area contributed by atoms with Gasteiger partial charge in [0.25, 0.3) is 0 Å². The van der Waals surface area contributed by atoms with Gasteiger partial charge in [-0.05, 0) is 24.3 Å². The fourth-order valence-electron chi connectivity index (χ4n) is 1.54. The number of nitrogens with zero attached hydrogens (tertiary/aromatic N) is 1. The molecule has 0 fully saturated rings. The molecular weight excluding hydrogens is 235 g/mol. The van der Waals surface area contributed by atoms with Gasteiger partial charge in [-0.1, -0.05) is 5.16 Å². The molecule has 0 atom stereocenters. The zero-order valence-corrected chi connectivity index (χ0v) is 10.1. The minimum atomic E-state index is -0.264. The zero-order valence-electron chi connectivity index (χ0n) is 10.1. The van der Waals surface area contributed by atoms with Gasteiger partial charge in [-0.15, -0.1) is 0 Å². The van der Waals surface area contributed by atoms with Crippen molar-refractivity contribution in [2.75, 3.05) is 20.3 Å². The highest BCUT2D eigenvalue weighted by atomic mass is 19.1. The van der Waals surface area contributed by atoms with Crippen molar-refractivity contribution in [2.24, 2.45) is 0 Å². The van der Waals surface area contributed by atoms with E-state index in [1.54, 1.807) is 19.2 Å². The standard InChI is InChI=1S/C13H15FN2O2/c1-17-7-6-15-9-12-8-13(18-16-12)10-2-4-11(14)5-3-10/h2-5,8,15H,6-7,9H2,1H3. The van der Waals surface area contributed by atoms with Crippen LogP contribution in [0.25, 0.3) is 11.3 Å². The molecule has 4 nitrogen and oxygen atoms in total. The summed E-state index contributed by atoms with van der Waals surface area (Å²) in [4.78, 5) is 0. The molecule has 0 spiro atoms. The van der Waals surface area contributed by atoms with E-state index in [9.17, 15) is 4.39 Å². The van der Waals surface area contributed by atoms with Crippen molar-refractivity contribution >= 4 is 0 Å². The Kier molecular flexibility index (Phi) is 4.44. The Morgan fingerprint density at radius 1 is 1.33 bits per heavy atom. The summed E-state index contributed by atoms with van der Waals surface area (Å²) in [6.45, 7) is 2.03. The average molecular weight is 250 g/mol. The van der Waals surface area contributed by atoms with E-state index in [1.807, 2.05) is 6.07 Å². The number of benzene rings is 1. The Hall–Kier alpha value is -1.72.